The zero-order chi connectivity index (χ0) is 18.2. The van der Waals surface area contributed by atoms with Gasteiger partial charge in [-0.25, -0.2) is 0 Å². The summed E-state index contributed by atoms with van der Waals surface area (Å²) in [7, 11) is 3.20. The summed E-state index contributed by atoms with van der Waals surface area (Å²) < 4.78 is 16.2. The molecule has 2 aromatic rings. The van der Waals surface area contributed by atoms with Gasteiger partial charge in [0.2, 0.25) is 0 Å². The molecule has 25 heavy (non-hydrogen) atoms. The normalized spacial score (nSPS) is 10.2. The Morgan fingerprint density at radius 2 is 1.80 bits per heavy atom. The fraction of sp³-hybridized carbons (Fsp3) is 0.350. The first-order chi connectivity index (χ1) is 12.1. The van der Waals surface area contributed by atoms with Crippen LogP contribution in [0, 0.1) is 6.92 Å². The summed E-state index contributed by atoms with van der Waals surface area (Å²) in [4.78, 5) is 14.2. The van der Waals surface area contributed by atoms with E-state index in [1.165, 1.54) is 0 Å². The molecule has 0 fully saturated rings. The molecular formula is C20H25NO4. The molecule has 0 aliphatic rings. The van der Waals surface area contributed by atoms with Crippen molar-refractivity contribution in [3.05, 3.63) is 53.6 Å². The lowest BCUT2D eigenvalue weighted by Gasteiger charge is -2.22. The second kappa shape index (κ2) is 8.97. The van der Waals surface area contributed by atoms with Crippen molar-refractivity contribution >= 4 is 5.91 Å². The molecule has 0 bridgehead atoms. The number of hydrogen-bond acceptors (Lipinski definition) is 4. The number of ether oxygens (including phenoxy) is 3. The molecule has 0 N–H and O–H groups in total. The van der Waals surface area contributed by atoms with Crippen LogP contribution in [0.1, 0.15) is 18.1 Å². The molecule has 2 aromatic carbocycles. The van der Waals surface area contributed by atoms with E-state index in [2.05, 4.69) is 0 Å². The Kier molecular flexibility index (Phi) is 6.69. The Hall–Kier alpha value is -2.69. The Labute approximate surface area is 149 Å². The Bertz CT molecular complexity index is 715. The highest BCUT2D eigenvalue weighted by Crippen LogP contribution is 2.28. The van der Waals surface area contributed by atoms with Crippen molar-refractivity contribution in [1.29, 1.82) is 0 Å². The quantitative estimate of drug-likeness (QED) is 0.737. The molecule has 2 rings (SSSR count). The van der Waals surface area contributed by atoms with Gasteiger partial charge in [0, 0.05) is 13.1 Å². The number of aryl methyl sites for hydroxylation is 1. The molecule has 0 saturated carbocycles. The number of carbonyl (C=O) groups is 1. The third kappa shape index (κ3) is 5.14. The minimum absolute atomic E-state index is 0.0184. The molecule has 0 saturated heterocycles. The molecule has 0 unspecified atom stereocenters. The van der Waals surface area contributed by atoms with Crippen LogP contribution in [0.25, 0.3) is 0 Å². The van der Waals surface area contributed by atoms with Crippen molar-refractivity contribution in [1.82, 2.24) is 4.90 Å². The summed E-state index contributed by atoms with van der Waals surface area (Å²) in [5, 5.41) is 0. The van der Waals surface area contributed by atoms with Crippen LogP contribution >= 0.6 is 0 Å². The molecule has 134 valence electrons. The number of hydrogen-bond donors (Lipinski definition) is 0. The van der Waals surface area contributed by atoms with Crippen molar-refractivity contribution in [2.75, 3.05) is 27.4 Å². The first kappa shape index (κ1) is 18.6. The van der Waals surface area contributed by atoms with E-state index < -0.39 is 0 Å². The number of rotatable bonds is 8. The lowest BCUT2D eigenvalue weighted by atomic mass is 10.2. The van der Waals surface area contributed by atoms with Crippen molar-refractivity contribution in [3.8, 4) is 17.2 Å². The van der Waals surface area contributed by atoms with Crippen molar-refractivity contribution in [2.24, 2.45) is 0 Å². The average molecular weight is 343 g/mol. The van der Waals surface area contributed by atoms with Gasteiger partial charge in [0.1, 0.15) is 5.75 Å². The zero-order valence-electron chi connectivity index (χ0n) is 15.2. The van der Waals surface area contributed by atoms with Crippen molar-refractivity contribution in [2.45, 2.75) is 20.4 Å². The van der Waals surface area contributed by atoms with Crippen LogP contribution in [0.15, 0.2) is 42.5 Å². The van der Waals surface area contributed by atoms with Crippen molar-refractivity contribution in [3.63, 3.8) is 0 Å². The van der Waals surface area contributed by atoms with Gasteiger partial charge in [-0.15, -0.1) is 0 Å². The minimum atomic E-state index is -0.0567. The van der Waals surface area contributed by atoms with Gasteiger partial charge in [0.25, 0.3) is 5.91 Å². The van der Waals surface area contributed by atoms with Gasteiger partial charge in [-0.1, -0.05) is 18.2 Å². The van der Waals surface area contributed by atoms with E-state index in [0.29, 0.717) is 30.3 Å². The standard InChI is InChI=1S/C20H25NO4/c1-5-21(13-16-9-10-18(23-3)19(12-16)24-4)20(22)14-25-17-8-6-7-15(2)11-17/h6-12H,5,13-14H2,1-4H3. The van der Waals surface area contributed by atoms with Crippen LogP contribution in [0.2, 0.25) is 0 Å². The molecule has 5 heteroatoms. The maximum absolute atomic E-state index is 12.5. The number of methoxy groups -OCH3 is 2. The van der Waals surface area contributed by atoms with E-state index in [9.17, 15) is 4.79 Å². The average Bonchev–Trinajstić information content (AvgIpc) is 2.64. The van der Waals surface area contributed by atoms with Crippen LogP contribution in [-0.4, -0.2) is 38.2 Å². The number of amides is 1. The predicted octanol–water partition coefficient (Wildman–Crippen LogP) is 3.44. The van der Waals surface area contributed by atoms with Crippen LogP contribution in [0.3, 0.4) is 0 Å². The third-order valence-corrected chi connectivity index (χ3v) is 3.91. The van der Waals surface area contributed by atoms with Gasteiger partial charge >= 0.3 is 0 Å². The lowest BCUT2D eigenvalue weighted by molar-refractivity contribution is -0.133. The van der Waals surface area contributed by atoms with Crippen LogP contribution in [-0.2, 0) is 11.3 Å². The highest BCUT2D eigenvalue weighted by molar-refractivity contribution is 5.77. The molecule has 0 radical (unpaired) electrons. The molecule has 0 aromatic heterocycles. The molecular weight excluding hydrogens is 318 g/mol. The summed E-state index contributed by atoms with van der Waals surface area (Å²) in [5.41, 5.74) is 2.08. The summed E-state index contributed by atoms with van der Waals surface area (Å²) in [6, 6.07) is 13.3. The second-order valence-electron chi connectivity index (χ2n) is 5.70. The molecule has 1 amide bonds. The van der Waals surface area contributed by atoms with Gasteiger partial charge in [0.05, 0.1) is 14.2 Å². The molecule has 0 heterocycles. The zero-order valence-corrected chi connectivity index (χ0v) is 15.2. The van der Waals surface area contributed by atoms with E-state index >= 15 is 0 Å². The van der Waals surface area contributed by atoms with E-state index in [-0.39, 0.29) is 12.5 Å². The van der Waals surface area contributed by atoms with Gasteiger partial charge in [-0.3, -0.25) is 4.79 Å². The SMILES string of the molecule is CCN(Cc1ccc(OC)c(OC)c1)C(=O)COc1cccc(C)c1. The smallest absolute Gasteiger partial charge is 0.260 e. The molecule has 0 aliphatic carbocycles. The Morgan fingerprint density at radius 3 is 2.44 bits per heavy atom. The first-order valence-electron chi connectivity index (χ1n) is 8.25. The number of nitrogens with zero attached hydrogens (tertiary/aromatic N) is 1. The van der Waals surface area contributed by atoms with E-state index in [1.54, 1.807) is 19.1 Å². The lowest BCUT2D eigenvalue weighted by Crippen LogP contribution is -2.34. The fourth-order valence-corrected chi connectivity index (χ4v) is 2.52. The van der Waals surface area contributed by atoms with E-state index in [0.717, 1.165) is 11.1 Å². The molecule has 5 nitrogen and oxygen atoms in total. The monoisotopic (exact) mass is 343 g/mol. The Morgan fingerprint density at radius 1 is 1.04 bits per heavy atom. The molecule has 0 aliphatic heterocycles. The second-order valence-corrected chi connectivity index (χ2v) is 5.70. The first-order valence-corrected chi connectivity index (χ1v) is 8.25. The summed E-state index contributed by atoms with van der Waals surface area (Å²) >= 11 is 0. The highest BCUT2D eigenvalue weighted by atomic mass is 16.5. The molecule has 0 spiro atoms. The highest BCUT2D eigenvalue weighted by Gasteiger charge is 2.14. The maximum Gasteiger partial charge on any atom is 0.260 e. The van der Waals surface area contributed by atoms with Crippen LogP contribution < -0.4 is 14.2 Å². The number of carbonyl (C=O) groups excluding carboxylic acids is 1. The topological polar surface area (TPSA) is 48.0 Å². The van der Waals surface area contributed by atoms with Crippen LogP contribution in [0.4, 0.5) is 0 Å². The van der Waals surface area contributed by atoms with Gasteiger partial charge < -0.3 is 19.1 Å². The van der Waals surface area contributed by atoms with E-state index in [4.69, 9.17) is 14.2 Å². The fourth-order valence-electron chi connectivity index (χ4n) is 2.52. The third-order valence-electron chi connectivity index (χ3n) is 3.91. The summed E-state index contributed by atoms with van der Waals surface area (Å²) in [6.45, 7) is 5.05. The van der Waals surface area contributed by atoms with Gasteiger partial charge in [-0.2, -0.15) is 0 Å². The summed E-state index contributed by atoms with van der Waals surface area (Å²) in [5.74, 6) is 1.97. The van der Waals surface area contributed by atoms with Crippen molar-refractivity contribution < 1.29 is 19.0 Å². The van der Waals surface area contributed by atoms with Crippen LogP contribution in [0.5, 0.6) is 17.2 Å². The minimum Gasteiger partial charge on any atom is -0.493 e. The largest absolute Gasteiger partial charge is 0.493 e. The van der Waals surface area contributed by atoms with Gasteiger partial charge in [-0.05, 0) is 49.2 Å². The van der Waals surface area contributed by atoms with E-state index in [1.807, 2.05) is 56.3 Å². The van der Waals surface area contributed by atoms with Gasteiger partial charge in [0.15, 0.2) is 18.1 Å². The Balaban J connectivity index is 2.00. The summed E-state index contributed by atoms with van der Waals surface area (Å²) in [6.07, 6.45) is 0. The molecule has 0 atom stereocenters. The predicted molar refractivity (Wildman–Crippen MR) is 97.3 cm³/mol. The number of likely N-dealkylation sites (N-methyl/N-ethyl adjacent to an activating group) is 1. The maximum atomic E-state index is 12.5. The number of benzene rings is 2.